The maximum absolute atomic E-state index is 14.6. The highest BCUT2D eigenvalue weighted by Gasteiger charge is 2.30. The van der Waals surface area contributed by atoms with Crippen LogP contribution < -0.4 is 4.90 Å². The zero-order valence-electron chi connectivity index (χ0n) is 18.1. The van der Waals surface area contributed by atoms with Gasteiger partial charge in [0.2, 0.25) is 0 Å². The molecule has 1 atom stereocenters. The van der Waals surface area contributed by atoms with Crippen LogP contribution in [0.15, 0.2) is 12.3 Å². The van der Waals surface area contributed by atoms with Crippen LogP contribution in [0.1, 0.15) is 44.5 Å². The molecule has 1 fully saturated rings. The fourth-order valence-corrected chi connectivity index (χ4v) is 3.88. The van der Waals surface area contributed by atoms with Gasteiger partial charge in [0.15, 0.2) is 0 Å². The fraction of sp³-hybridized carbons (Fsp3) is 0.571. The number of carboxylic acids is 1. The Morgan fingerprint density at radius 1 is 1.40 bits per heavy atom. The number of halogens is 1. The van der Waals surface area contributed by atoms with E-state index in [1.54, 1.807) is 18.1 Å². The first-order valence-corrected chi connectivity index (χ1v) is 10.1. The van der Waals surface area contributed by atoms with Crippen LogP contribution in [0.3, 0.4) is 0 Å². The Hall–Kier alpha value is -2.84. The van der Waals surface area contributed by atoms with E-state index in [0.717, 1.165) is 6.42 Å². The van der Waals surface area contributed by atoms with E-state index in [4.69, 9.17) is 4.74 Å². The van der Waals surface area contributed by atoms with Crippen molar-refractivity contribution in [2.24, 2.45) is 13.0 Å². The van der Waals surface area contributed by atoms with E-state index < -0.39 is 23.0 Å². The number of carbonyl (C=O) groups excluding carboxylic acids is 1. The second-order valence-corrected chi connectivity index (χ2v) is 8.74. The van der Waals surface area contributed by atoms with Gasteiger partial charge in [0.05, 0.1) is 5.69 Å². The predicted octanol–water partition coefficient (Wildman–Crippen LogP) is 3.49. The second kappa shape index (κ2) is 8.12. The van der Waals surface area contributed by atoms with Crippen molar-refractivity contribution in [1.29, 1.82) is 0 Å². The van der Waals surface area contributed by atoms with E-state index in [-0.39, 0.29) is 17.5 Å². The van der Waals surface area contributed by atoms with E-state index in [1.165, 1.54) is 10.7 Å². The van der Waals surface area contributed by atoms with Crippen molar-refractivity contribution >= 4 is 28.7 Å². The topological polar surface area (TPSA) is 87.9 Å². The van der Waals surface area contributed by atoms with Crippen molar-refractivity contribution in [2.45, 2.75) is 39.7 Å². The smallest absolute Gasteiger partial charge is 0.410 e. The largest absolute Gasteiger partial charge is 0.478 e. The summed E-state index contributed by atoms with van der Waals surface area (Å²) in [6.45, 7) is 9.84. The maximum atomic E-state index is 14.6. The van der Waals surface area contributed by atoms with Gasteiger partial charge in [-0.3, -0.25) is 4.68 Å². The Morgan fingerprint density at radius 2 is 2.10 bits per heavy atom. The highest BCUT2D eigenvalue weighted by Crippen LogP contribution is 2.34. The first kappa shape index (κ1) is 21.9. The lowest BCUT2D eigenvalue weighted by Gasteiger charge is -2.28. The number of hydrogen-bond donors (Lipinski definition) is 1. The van der Waals surface area contributed by atoms with Crippen LogP contribution in [0.4, 0.5) is 14.9 Å². The van der Waals surface area contributed by atoms with Gasteiger partial charge in [-0.25, -0.2) is 14.0 Å². The summed E-state index contributed by atoms with van der Waals surface area (Å²) in [4.78, 5) is 27.6. The molecule has 0 radical (unpaired) electrons. The summed E-state index contributed by atoms with van der Waals surface area (Å²) in [5.74, 6) is -1.93. The molecule has 1 aliphatic heterocycles. The monoisotopic (exact) mass is 420 g/mol. The van der Waals surface area contributed by atoms with Crippen molar-refractivity contribution in [3.63, 3.8) is 0 Å². The number of aromatic nitrogens is 2. The number of amides is 1. The van der Waals surface area contributed by atoms with Crippen LogP contribution >= 0.6 is 0 Å². The van der Waals surface area contributed by atoms with Crippen LogP contribution in [0, 0.1) is 11.7 Å². The van der Waals surface area contributed by atoms with Gasteiger partial charge in [-0.15, -0.1) is 0 Å². The standard InChI is InChI=1S/C21H29FN4O4/c1-6-25(20(29)30-21(2,3)4)10-13-7-8-26(11-13)16-9-15(22)17(19(27)28)18-14(16)12-24(5)23-18/h9,12-13H,6-8,10-11H2,1-5H3,(H,27,28). The lowest BCUT2D eigenvalue weighted by Crippen LogP contribution is -2.40. The second-order valence-electron chi connectivity index (χ2n) is 8.74. The minimum atomic E-state index is -1.34. The molecule has 1 amide bonds. The molecule has 1 aromatic heterocycles. The highest BCUT2D eigenvalue weighted by molar-refractivity contribution is 6.06. The minimum Gasteiger partial charge on any atom is -0.478 e. The number of benzene rings is 1. The molecule has 1 aromatic carbocycles. The average molecular weight is 420 g/mol. The molecule has 1 saturated heterocycles. The van der Waals surface area contributed by atoms with Crippen LogP contribution in [0.25, 0.3) is 10.9 Å². The fourth-order valence-electron chi connectivity index (χ4n) is 3.88. The van der Waals surface area contributed by atoms with Gasteiger partial charge in [-0.05, 0) is 46.1 Å². The molecule has 3 rings (SSSR count). The Labute approximate surface area is 175 Å². The molecule has 0 saturated carbocycles. The predicted molar refractivity (Wildman–Crippen MR) is 111 cm³/mol. The van der Waals surface area contributed by atoms with Crippen molar-refractivity contribution in [3.8, 4) is 0 Å². The zero-order valence-corrected chi connectivity index (χ0v) is 18.1. The molecular formula is C21H29FN4O4. The first-order valence-electron chi connectivity index (χ1n) is 10.1. The highest BCUT2D eigenvalue weighted by atomic mass is 19.1. The third-order valence-corrected chi connectivity index (χ3v) is 5.20. The molecule has 164 valence electrons. The quantitative estimate of drug-likeness (QED) is 0.797. The molecule has 0 bridgehead atoms. The number of anilines is 1. The van der Waals surface area contributed by atoms with Crippen molar-refractivity contribution < 1.29 is 23.8 Å². The Morgan fingerprint density at radius 3 is 2.70 bits per heavy atom. The number of carboxylic acid groups (broad SMARTS) is 1. The third-order valence-electron chi connectivity index (χ3n) is 5.20. The van der Waals surface area contributed by atoms with Crippen LogP contribution in [0.2, 0.25) is 0 Å². The molecule has 0 spiro atoms. The normalized spacial score (nSPS) is 16.9. The van der Waals surface area contributed by atoms with Gasteiger partial charge in [-0.1, -0.05) is 0 Å². The zero-order chi connectivity index (χ0) is 22.2. The van der Waals surface area contributed by atoms with E-state index in [1.807, 2.05) is 32.6 Å². The van der Waals surface area contributed by atoms with Crippen molar-refractivity contribution in [2.75, 3.05) is 31.1 Å². The Kier molecular flexibility index (Phi) is 5.92. The minimum absolute atomic E-state index is 0.146. The molecular weight excluding hydrogens is 391 g/mol. The number of aromatic carboxylic acids is 1. The number of ether oxygens (including phenoxy) is 1. The van der Waals surface area contributed by atoms with Crippen LogP contribution in [-0.2, 0) is 11.8 Å². The molecule has 1 unspecified atom stereocenters. The SMILES string of the molecule is CCN(CC1CCN(c2cc(F)c(C(=O)O)c3nn(C)cc23)C1)C(=O)OC(C)(C)C. The Balaban J connectivity index is 1.80. The lowest BCUT2D eigenvalue weighted by molar-refractivity contribution is 0.0236. The van der Waals surface area contributed by atoms with E-state index in [2.05, 4.69) is 5.10 Å². The number of aryl methyl sites for hydroxylation is 1. The molecule has 0 aliphatic carbocycles. The molecule has 30 heavy (non-hydrogen) atoms. The maximum Gasteiger partial charge on any atom is 0.410 e. The third kappa shape index (κ3) is 4.49. The lowest BCUT2D eigenvalue weighted by atomic mass is 10.1. The molecule has 8 nitrogen and oxygen atoms in total. The Bertz CT molecular complexity index is 966. The summed E-state index contributed by atoms with van der Waals surface area (Å²) in [6, 6.07) is 1.28. The van der Waals surface area contributed by atoms with Gasteiger partial charge in [0.25, 0.3) is 0 Å². The van der Waals surface area contributed by atoms with Gasteiger partial charge >= 0.3 is 12.1 Å². The van der Waals surface area contributed by atoms with Crippen molar-refractivity contribution in [3.05, 3.63) is 23.6 Å². The van der Waals surface area contributed by atoms with E-state index in [9.17, 15) is 19.1 Å². The summed E-state index contributed by atoms with van der Waals surface area (Å²) in [7, 11) is 1.68. The summed E-state index contributed by atoms with van der Waals surface area (Å²) < 4.78 is 21.6. The van der Waals surface area contributed by atoms with Gasteiger partial charge in [-0.2, -0.15) is 5.10 Å². The summed E-state index contributed by atoms with van der Waals surface area (Å²) in [5.41, 5.74) is -0.190. The van der Waals surface area contributed by atoms with E-state index in [0.29, 0.717) is 37.3 Å². The van der Waals surface area contributed by atoms with Crippen molar-refractivity contribution in [1.82, 2.24) is 14.7 Å². The summed E-state index contributed by atoms with van der Waals surface area (Å²) in [6.07, 6.45) is 2.21. The first-order chi connectivity index (χ1) is 14.0. The number of nitrogens with zero attached hydrogens (tertiary/aromatic N) is 4. The molecule has 9 heteroatoms. The van der Waals surface area contributed by atoms with Crippen LogP contribution in [0.5, 0.6) is 0 Å². The molecule has 2 aromatic rings. The summed E-state index contributed by atoms with van der Waals surface area (Å²) >= 11 is 0. The van der Waals surface area contributed by atoms with E-state index >= 15 is 0 Å². The summed E-state index contributed by atoms with van der Waals surface area (Å²) in [5, 5.41) is 14.2. The van der Waals surface area contributed by atoms with Crippen LogP contribution in [-0.4, -0.2) is 63.6 Å². The number of hydrogen-bond acceptors (Lipinski definition) is 5. The number of carbonyl (C=O) groups is 2. The number of rotatable bonds is 5. The molecule has 1 N–H and O–H groups in total. The number of fused-ring (bicyclic) bond motifs is 1. The molecule has 1 aliphatic rings. The van der Waals surface area contributed by atoms with Gasteiger partial charge in [0, 0.05) is 44.8 Å². The van der Waals surface area contributed by atoms with Gasteiger partial charge < -0.3 is 19.6 Å². The van der Waals surface area contributed by atoms with Gasteiger partial charge in [0.1, 0.15) is 22.5 Å². The molecule has 2 heterocycles. The average Bonchev–Trinajstić information content (AvgIpc) is 3.22.